The quantitative estimate of drug-likeness (QED) is 0.800. The van der Waals surface area contributed by atoms with Gasteiger partial charge in [0.2, 0.25) is 5.91 Å². The number of nitrogens with one attached hydrogen (secondary N) is 3. The van der Waals surface area contributed by atoms with E-state index < -0.39 is 0 Å². The molecule has 0 spiro atoms. The van der Waals surface area contributed by atoms with Gasteiger partial charge in [-0.1, -0.05) is 24.3 Å². The number of benzene rings is 1. The summed E-state index contributed by atoms with van der Waals surface area (Å²) in [7, 11) is 0. The highest BCUT2D eigenvalue weighted by Gasteiger charge is 2.20. The Morgan fingerprint density at radius 1 is 1.29 bits per heavy atom. The fraction of sp³-hybridized carbons (Fsp3) is 0.375. The zero-order chi connectivity index (χ0) is 14.5. The predicted octanol–water partition coefficient (Wildman–Crippen LogP) is 1.69. The van der Waals surface area contributed by atoms with Crippen molar-refractivity contribution < 1.29 is 4.79 Å². The van der Waals surface area contributed by atoms with Crippen LogP contribution in [0, 0.1) is 5.92 Å². The summed E-state index contributed by atoms with van der Waals surface area (Å²) in [5.41, 5.74) is 3.30. The molecular formula is C16H20N4O. The van der Waals surface area contributed by atoms with Gasteiger partial charge >= 0.3 is 0 Å². The largest absolute Gasteiger partial charge is 0.352 e. The molecule has 1 unspecified atom stereocenters. The van der Waals surface area contributed by atoms with Gasteiger partial charge in [-0.15, -0.1) is 0 Å². The fourth-order valence-corrected chi connectivity index (χ4v) is 2.63. The maximum absolute atomic E-state index is 12.1. The molecule has 0 bridgehead atoms. The van der Waals surface area contributed by atoms with E-state index in [4.69, 9.17) is 0 Å². The highest BCUT2D eigenvalue weighted by molar-refractivity contribution is 5.79. The van der Waals surface area contributed by atoms with E-state index in [-0.39, 0.29) is 11.8 Å². The SMILES string of the molecule is O=C(NCc1ccc(-c2cn[nH]c2)cc1)C1CCCNC1. The molecule has 1 aliphatic heterocycles. The normalized spacial score (nSPS) is 18.4. The molecule has 3 N–H and O–H groups in total. The molecule has 1 fully saturated rings. The minimum Gasteiger partial charge on any atom is -0.352 e. The average molecular weight is 284 g/mol. The van der Waals surface area contributed by atoms with Gasteiger partial charge in [0, 0.05) is 24.8 Å². The third-order valence-corrected chi connectivity index (χ3v) is 3.92. The molecule has 110 valence electrons. The maximum Gasteiger partial charge on any atom is 0.224 e. The summed E-state index contributed by atoms with van der Waals surface area (Å²) >= 11 is 0. The summed E-state index contributed by atoms with van der Waals surface area (Å²) in [4.78, 5) is 12.1. The fourth-order valence-electron chi connectivity index (χ4n) is 2.63. The van der Waals surface area contributed by atoms with Crippen molar-refractivity contribution in [3.8, 4) is 11.1 Å². The van der Waals surface area contributed by atoms with Crippen molar-refractivity contribution >= 4 is 5.91 Å². The zero-order valence-corrected chi connectivity index (χ0v) is 11.9. The lowest BCUT2D eigenvalue weighted by Crippen LogP contribution is -2.40. The number of hydrogen-bond donors (Lipinski definition) is 3. The minimum absolute atomic E-state index is 0.115. The number of amides is 1. The second kappa shape index (κ2) is 6.54. The summed E-state index contributed by atoms with van der Waals surface area (Å²) in [5, 5.41) is 13.0. The highest BCUT2D eigenvalue weighted by Crippen LogP contribution is 2.18. The molecule has 5 nitrogen and oxygen atoms in total. The standard InChI is InChI=1S/C16H20N4O/c21-16(14-2-1-7-17-9-14)18-8-12-3-5-13(6-4-12)15-10-19-20-11-15/h3-6,10-11,14,17H,1-2,7-9H2,(H,18,21)(H,19,20). The number of H-pyrrole nitrogens is 1. The summed E-state index contributed by atoms with van der Waals surface area (Å²) in [6.07, 6.45) is 5.73. The Hall–Kier alpha value is -2.14. The summed E-state index contributed by atoms with van der Waals surface area (Å²) < 4.78 is 0. The van der Waals surface area contributed by atoms with Crippen LogP contribution in [0.2, 0.25) is 0 Å². The Labute approximate surface area is 124 Å². The Morgan fingerprint density at radius 2 is 2.14 bits per heavy atom. The van der Waals surface area contributed by atoms with Crippen molar-refractivity contribution in [2.75, 3.05) is 13.1 Å². The zero-order valence-electron chi connectivity index (χ0n) is 11.9. The van der Waals surface area contributed by atoms with Gasteiger partial charge in [0.1, 0.15) is 0 Å². The summed E-state index contributed by atoms with van der Waals surface area (Å²) in [6, 6.07) is 8.19. The Morgan fingerprint density at radius 3 is 2.81 bits per heavy atom. The van der Waals surface area contributed by atoms with Gasteiger partial charge in [-0.3, -0.25) is 9.89 Å². The van der Waals surface area contributed by atoms with E-state index in [9.17, 15) is 4.79 Å². The van der Waals surface area contributed by atoms with E-state index >= 15 is 0 Å². The molecular weight excluding hydrogens is 264 g/mol. The molecule has 0 saturated carbocycles. The van der Waals surface area contributed by atoms with Crippen molar-refractivity contribution in [3.05, 3.63) is 42.2 Å². The van der Waals surface area contributed by atoms with E-state index in [1.165, 1.54) is 0 Å². The number of hydrogen-bond acceptors (Lipinski definition) is 3. The number of aromatic amines is 1. The first-order valence-electron chi connectivity index (χ1n) is 7.39. The van der Waals surface area contributed by atoms with Crippen molar-refractivity contribution in [1.82, 2.24) is 20.8 Å². The highest BCUT2D eigenvalue weighted by atomic mass is 16.1. The number of carbonyl (C=O) groups is 1. The minimum atomic E-state index is 0.115. The smallest absolute Gasteiger partial charge is 0.224 e. The molecule has 1 aliphatic rings. The molecule has 2 aromatic rings. The van der Waals surface area contributed by atoms with Crippen molar-refractivity contribution in [2.24, 2.45) is 5.92 Å². The lowest BCUT2D eigenvalue weighted by molar-refractivity contribution is -0.125. The first-order valence-corrected chi connectivity index (χ1v) is 7.39. The molecule has 1 amide bonds. The van der Waals surface area contributed by atoms with E-state index in [0.29, 0.717) is 6.54 Å². The predicted molar refractivity (Wildman–Crippen MR) is 81.5 cm³/mol. The molecule has 1 aromatic heterocycles. The van der Waals surface area contributed by atoms with Crippen LogP contribution in [0.1, 0.15) is 18.4 Å². The first-order chi connectivity index (χ1) is 10.3. The monoisotopic (exact) mass is 284 g/mol. The van der Waals surface area contributed by atoms with E-state index in [1.54, 1.807) is 6.20 Å². The third kappa shape index (κ3) is 3.49. The molecule has 1 saturated heterocycles. The van der Waals surface area contributed by atoms with Crippen LogP contribution in [0.3, 0.4) is 0 Å². The molecule has 0 aliphatic carbocycles. The molecule has 5 heteroatoms. The Bertz CT molecular complexity index is 571. The average Bonchev–Trinajstić information content (AvgIpc) is 3.08. The van der Waals surface area contributed by atoms with Crippen LogP contribution in [0.15, 0.2) is 36.7 Å². The number of carbonyl (C=O) groups excluding carboxylic acids is 1. The second-order valence-corrected chi connectivity index (χ2v) is 5.44. The van der Waals surface area contributed by atoms with Crippen LogP contribution in [0.5, 0.6) is 0 Å². The second-order valence-electron chi connectivity index (χ2n) is 5.44. The molecule has 1 atom stereocenters. The summed E-state index contributed by atoms with van der Waals surface area (Å²) in [5.74, 6) is 0.269. The van der Waals surface area contributed by atoms with Gasteiger partial charge in [-0.05, 0) is 30.5 Å². The number of nitrogens with zero attached hydrogens (tertiary/aromatic N) is 1. The van der Waals surface area contributed by atoms with Crippen LogP contribution in [-0.4, -0.2) is 29.2 Å². The molecule has 3 rings (SSSR count). The van der Waals surface area contributed by atoms with Crippen LogP contribution in [-0.2, 0) is 11.3 Å². The lowest BCUT2D eigenvalue weighted by Gasteiger charge is -2.21. The number of piperidine rings is 1. The molecule has 2 heterocycles. The van der Waals surface area contributed by atoms with Crippen molar-refractivity contribution in [3.63, 3.8) is 0 Å². The van der Waals surface area contributed by atoms with Gasteiger partial charge in [-0.2, -0.15) is 5.10 Å². The summed E-state index contributed by atoms with van der Waals surface area (Å²) in [6.45, 7) is 2.41. The van der Waals surface area contributed by atoms with E-state index in [2.05, 4.69) is 33.0 Å². The number of aromatic nitrogens is 2. The Kier molecular flexibility index (Phi) is 4.31. The van der Waals surface area contributed by atoms with Crippen LogP contribution in [0.25, 0.3) is 11.1 Å². The van der Waals surface area contributed by atoms with E-state index in [1.807, 2.05) is 18.3 Å². The van der Waals surface area contributed by atoms with Gasteiger partial charge in [0.05, 0.1) is 12.1 Å². The molecule has 21 heavy (non-hydrogen) atoms. The number of rotatable bonds is 4. The van der Waals surface area contributed by atoms with Crippen molar-refractivity contribution in [1.29, 1.82) is 0 Å². The van der Waals surface area contributed by atoms with Gasteiger partial charge < -0.3 is 10.6 Å². The van der Waals surface area contributed by atoms with Gasteiger partial charge in [0.25, 0.3) is 0 Å². The van der Waals surface area contributed by atoms with Gasteiger partial charge in [-0.25, -0.2) is 0 Å². The van der Waals surface area contributed by atoms with Crippen LogP contribution in [0.4, 0.5) is 0 Å². The van der Waals surface area contributed by atoms with Crippen molar-refractivity contribution in [2.45, 2.75) is 19.4 Å². The first kappa shape index (κ1) is 13.8. The van der Waals surface area contributed by atoms with Crippen LogP contribution < -0.4 is 10.6 Å². The molecule has 1 aromatic carbocycles. The Balaban J connectivity index is 1.54. The van der Waals surface area contributed by atoms with E-state index in [0.717, 1.165) is 42.6 Å². The lowest BCUT2D eigenvalue weighted by atomic mass is 9.99. The van der Waals surface area contributed by atoms with Gasteiger partial charge in [0.15, 0.2) is 0 Å². The molecule has 0 radical (unpaired) electrons. The topological polar surface area (TPSA) is 69.8 Å². The third-order valence-electron chi connectivity index (χ3n) is 3.92. The maximum atomic E-state index is 12.1. The van der Waals surface area contributed by atoms with Crippen LogP contribution >= 0.6 is 0 Å².